The molecule has 0 aromatic heterocycles. The van der Waals surface area contributed by atoms with Gasteiger partial charge in [0.25, 0.3) is 0 Å². The number of rotatable bonds is 3. The summed E-state index contributed by atoms with van der Waals surface area (Å²) >= 11 is 0. The third-order valence-corrected chi connectivity index (χ3v) is 4.58. The number of carbonyl (C=O) groups is 1. The lowest BCUT2D eigenvalue weighted by atomic mass is 9.85. The predicted molar refractivity (Wildman–Crippen MR) is 68.5 cm³/mol. The van der Waals surface area contributed by atoms with Gasteiger partial charge in [-0.15, -0.1) is 0 Å². The number of halogens is 1. The van der Waals surface area contributed by atoms with Gasteiger partial charge in [0.1, 0.15) is 12.4 Å². The zero-order chi connectivity index (χ0) is 13.4. The van der Waals surface area contributed by atoms with Gasteiger partial charge in [0.05, 0.1) is 5.92 Å². The van der Waals surface area contributed by atoms with Gasteiger partial charge in [0.2, 0.25) is 0 Å². The molecule has 102 valence electrons. The van der Waals surface area contributed by atoms with Crippen molar-refractivity contribution in [2.24, 2.45) is 23.5 Å². The highest BCUT2D eigenvalue weighted by Crippen LogP contribution is 2.48. The molecule has 4 unspecified atom stereocenters. The van der Waals surface area contributed by atoms with Crippen LogP contribution in [0.4, 0.5) is 4.39 Å². The first-order chi connectivity index (χ1) is 9.16. The van der Waals surface area contributed by atoms with Crippen LogP contribution in [0.5, 0.6) is 0 Å². The summed E-state index contributed by atoms with van der Waals surface area (Å²) in [6.45, 7) is -0.00782. The molecule has 0 saturated heterocycles. The summed E-state index contributed by atoms with van der Waals surface area (Å²) in [5.41, 5.74) is 6.50. The van der Waals surface area contributed by atoms with E-state index in [1.54, 1.807) is 18.2 Å². The van der Waals surface area contributed by atoms with E-state index in [1.807, 2.05) is 0 Å². The third kappa shape index (κ3) is 2.25. The second kappa shape index (κ2) is 4.93. The average molecular weight is 263 g/mol. The summed E-state index contributed by atoms with van der Waals surface area (Å²) < 4.78 is 18.7. The van der Waals surface area contributed by atoms with Crippen molar-refractivity contribution in [1.82, 2.24) is 0 Å². The van der Waals surface area contributed by atoms with Crippen molar-refractivity contribution < 1.29 is 13.9 Å². The molecular formula is C15H18FNO2. The summed E-state index contributed by atoms with van der Waals surface area (Å²) in [6.07, 6.45) is 3.24. The van der Waals surface area contributed by atoms with Gasteiger partial charge in [-0.25, -0.2) is 4.39 Å². The second-order valence-electron chi connectivity index (χ2n) is 5.64. The van der Waals surface area contributed by atoms with Crippen LogP contribution < -0.4 is 5.73 Å². The van der Waals surface area contributed by atoms with Crippen LogP contribution in [0.3, 0.4) is 0 Å². The molecule has 1 aromatic rings. The molecule has 19 heavy (non-hydrogen) atoms. The van der Waals surface area contributed by atoms with Gasteiger partial charge < -0.3 is 10.5 Å². The Bertz CT molecular complexity index is 489. The van der Waals surface area contributed by atoms with Crippen LogP contribution in [0.25, 0.3) is 0 Å². The summed E-state index contributed by atoms with van der Waals surface area (Å²) in [5, 5.41) is 0. The predicted octanol–water partition coefficient (Wildman–Crippen LogP) is 2.24. The number of hydrogen-bond acceptors (Lipinski definition) is 3. The van der Waals surface area contributed by atoms with Crippen molar-refractivity contribution in [3.63, 3.8) is 0 Å². The topological polar surface area (TPSA) is 52.3 Å². The Kier molecular flexibility index (Phi) is 3.27. The lowest BCUT2D eigenvalue weighted by Crippen LogP contribution is -2.41. The number of hydrogen-bond donors (Lipinski definition) is 1. The smallest absolute Gasteiger partial charge is 0.311 e. The monoisotopic (exact) mass is 263 g/mol. The fraction of sp³-hybridized carbons (Fsp3) is 0.533. The molecule has 0 spiro atoms. The first-order valence-corrected chi connectivity index (χ1v) is 6.82. The van der Waals surface area contributed by atoms with Gasteiger partial charge in [-0.1, -0.05) is 18.2 Å². The van der Waals surface area contributed by atoms with Crippen LogP contribution >= 0.6 is 0 Å². The molecule has 3 nitrogen and oxygen atoms in total. The molecule has 0 heterocycles. The highest BCUT2D eigenvalue weighted by molar-refractivity contribution is 5.74. The number of esters is 1. The molecule has 2 N–H and O–H groups in total. The van der Waals surface area contributed by atoms with Crippen molar-refractivity contribution in [3.8, 4) is 0 Å². The molecule has 2 aliphatic carbocycles. The number of nitrogens with two attached hydrogens (primary N) is 1. The van der Waals surface area contributed by atoms with E-state index in [2.05, 4.69) is 0 Å². The first-order valence-electron chi connectivity index (χ1n) is 6.82. The van der Waals surface area contributed by atoms with Crippen LogP contribution in [0.2, 0.25) is 0 Å². The summed E-state index contributed by atoms with van der Waals surface area (Å²) in [4.78, 5) is 12.1. The number of ether oxygens (including phenoxy) is 1. The Hall–Kier alpha value is -1.42. The van der Waals surface area contributed by atoms with Gasteiger partial charge >= 0.3 is 5.97 Å². The maximum Gasteiger partial charge on any atom is 0.311 e. The molecule has 1 aromatic carbocycles. The minimum atomic E-state index is -0.340. The van der Waals surface area contributed by atoms with E-state index >= 15 is 0 Å². The lowest BCUT2D eigenvalue weighted by molar-refractivity contribution is -0.152. The van der Waals surface area contributed by atoms with Crippen LogP contribution in [0.15, 0.2) is 24.3 Å². The van der Waals surface area contributed by atoms with E-state index in [4.69, 9.17) is 10.5 Å². The number of carbonyl (C=O) groups excluding carboxylic acids is 1. The Morgan fingerprint density at radius 2 is 2.05 bits per heavy atom. The molecule has 2 saturated carbocycles. The maximum absolute atomic E-state index is 13.4. The summed E-state index contributed by atoms with van der Waals surface area (Å²) in [5.74, 6) is 0.0464. The molecule has 2 aliphatic rings. The number of benzene rings is 1. The maximum atomic E-state index is 13.4. The van der Waals surface area contributed by atoms with Crippen molar-refractivity contribution in [1.29, 1.82) is 0 Å². The van der Waals surface area contributed by atoms with E-state index in [0.29, 0.717) is 17.4 Å². The zero-order valence-electron chi connectivity index (χ0n) is 10.7. The molecule has 3 rings (SSSR count). The Morgan fingerprint density at radius 3 is 2.74 bits per heavy atom. The van der Waals surface area contributed by atoms with Crippen LogP contribution in [0, 0.1) is 23.6 Å². The van der Waals surface area contributed by atoms with Gasteiger partial charge in [-0.05, 0) is 37.2 Å². The van der Waals surface area contributed by atoms with Gasteiger partial charge in [-0.3, -0.25) is 4.79 Å². The molecule has 0 aliphatic heterocycles. The van der Waals surface area contributed by atoms with Crippen molar-refractivity contribution in [2.45, 2.75) is 31.9 Å². The standard InChI is InChI=1S/C15H18FNO2/c16-12-4-2-1-3-11(12)8-19-15(18)13-9-5-6-10(7-9)14(13)17/h1-4,9-10,13-14H,5-8,17H2. The van der Waals surface area contributed by atoms with Gasteiger partial charge in [0.15, 0.2) is 0 Å². The largest absolute Gasteiger partial charge is 0.460 e. The van der Waals surface area contributed by atoms with Gasteiger partial charge in [0, 0.05) is 11.6 Å². The van der Waals surface area contributed by atoms with E-state index in [9.17, 15) is 9.18 Å². The normalized spacial score (nSPS) is 32.5. The fourth-order valence-corrected chi connectivity index (χ4v) is 3.55. The summed E-state index contributed by atoms with van der Waals surface area (Å²) in [6, 6.07) is 6.27. The zero-order valence-corrected chi connectivity index (χ0v) is 10.7. The first kappa shape index (κ1) is 12.6. The quantitative estimate of drug-likeness (QED) is 0.851. The van der Waals surface area contributed by atoms with Crippen LogP contribution in [-0.2, 0) is 16.1 Å². The highest BCUT2D eigenvalue weighted by atomic mass is 19.1. The third-order valence-electron chi connectivity index (χ3n) is 4.58. The molecule has 2 fully saturated rings. The average Bonchev–Trinajstić information content (AvgIpc) is 2.98. The summed E-state index contributed by atoms with van der Waals surface area (Å²) in [7, 11) is 0. The van der Waals surface area contributed by atoms with Crippen molar-refractivity contribution in [2.75, 3.05) is 0 Å². The SMILES string of the molecule is NC1C2CCC(C2)C1C(=O)OCc1ccccc1F. The minimum absolute atomic E-state index is 0.00782. The fourth-order valence-electron chi connectivity index (χ4n) is 3.55. The minimum Gasteiger partial charge on any atom is -0.460 e. The molecular weight excluding hydrogens is 245 g/mol. The number of fused-ring (bicyclic) bond motifs is 2. The van der Waals surface area contributed by atoms with Crippen LogP contribution in [0.1, 0.15) is 24.8 Å². The Labute approximate surface area is 111 Å². The Morgan fingerprint density at radius 1 is 1.32 bits per heavy atom. The van der Waals surface area contributed by atoms with E-state index in [1.165, 1.54) is 6.07 Å². The van der Waals surface area contributed by atoms with Crippen LogP contribution in [-0.4, -0.2) is 12.0 Å². The molecule has 2 bridgehead atoms. The van der Waals surface area contributed by atoms with Crippen molar-refractivity contribution in [3.05, 3.63) is 35.6 Å². The Balaban J connectivity index is 1.62. The lowest BCUT2D eigenvalue weighted by Gasteiger charge is -2.26. The molecule has 4 atom stereocenters. The van der Waals surface area contributed by atoms with E-state index in [0.717, 1.165) is 19.3 Å². The second-order valence-corrected chi connectivity index (χ2v) is 5.64. The van der Waals surface area contributed by atoms with E-state index in [-0.39, 0.29) is 30.4 Å². The molecule has 4 heteroatoms. The highest BCUT2D eigenvalue weighted by Gasteiger charge is 2.49. The molecule has 0 amide bonds. The molecule has 0 radical (unpaired) electrons. The van der Waals surface area contributed by atoms with Gasteiger partial charge in [-0.2, -0.15) is 0 Å². The van der Waals surface area contributed by atoms with Crippen molar-refractivity contribution >= 4 is 5.97 Å². The van der Waals surface area contributed by atoms with E-state index < -0.39 is 0 Å².